The third-order valence-electron chi connectivity index (χ3n) is 4.23. The Bertz CT molecular complexity index is 972. The van der Waals surface area contributed by atoms with Crippen LogP contribution in [-0.4, -0.2) is 25.3 Å². The average Bonchev–Trinajstić information content (AvgIpc) is 2.69. The number of nitrogens with zero attached hydrogens (tertiary/aromatic N) is 2. The number of aromatic hydroxyl groups is 3. The van der Waals surface area contributed by atoms with E-state index in [0.717, 1.165) is 0 Å². The Kier molecular flexibility index (Phi) is 4.18. The summed E-state index contributed by atoms with van der Waals surface area (Å²) in [5.41, 5.74) is 2.51. The largest absolute Gasteiger partial charge is 0.507 e. The van der Waals surface area contributed by atoms with Crippen molar-refractivity contribution in [2.45, 2.75) is 0 Å². The Morgan fingerprint density at radius 1 is 0.481 bits per heavy atom. The molecule has 0 aliphatic heterocycles. The lowest BCUT2D eigenvalue weighted by Gasteiger charge is -2.11. The van der Waals surface area contributed by atoms with E-state index >= 15 is 0 Å². The van der Waals surface area contributed by atoms with Crippen LogP contribution in [0.2, 0.25) is 0 Å². The molecular weight excluding hydrogens is 340 g/mol. The smallest absolute Gasteiger partial charge is 0.164 e. The van der Waals surface area contributed by atoms with Crippen LogP contribution >= 0.6 is 0 Å². The lowest BCUT2D eigenvalue weighted by molar-refractivity contribution is 0.477. The maximum atomic E-state index is 10.2. The third kappa shape index (κ3) is 3.18. The second-order valence-electron chi connectivity index (χ2n) is 6.01. The van der Waals surface area contributed by atoms with Gasteiger partial charge in [0.05, 0.1) is 17.0 Å². The summed E-state index contributed by atoms with van der Waals surface area (Å²) >= 11 is 0. The second-order valence-corrected chi connectivity index (χ2v) is 6.01. The van der Waals surface area contributed by atoms with Gasteiger partial charge >= 0.3 is 0 Å². The van der Waals surface area contributed by atoms with Gasteiger partial charge in [-0.25, -0.2) is 9.97 Å². The fourth-order valence-corrected chi connectivity index (χ4v) is 2.89. The first-order chi connectivity index (χ1) is 13.1. The molecule has 4 aromatic rings. The highest BCUT2D eigenvalue weighted by Crippen LogP contribution is 2.35. The summed E-state index contributed by atoms with van der Waals surface area (Å²) in [5.74, 6) is 0.521. The maximum absolute atomic E-state index is 10.2. The molecule has 0 saturated heterocycles. The first kappa shape index (κ1) is 16.6. The van der Waals surface area contributed by atoms with Gasteiger partial charge in [-0.05, 0) is 42.5 Å². The number of hydrogen-bond donors (Lipinski definition) is 3. The van der Waals surface area contributed by atoms with E-state index < -0.39 is 0 Å². The summed E-state index contributed by atoms with van der Waals surface area (Å²) in [6.07, 6.45) is 0. The van der Waals surface area contributed by atoms with Crippen LogP contribution in [0.4, 0.5) is 0 Å². The van der Waals surface area contributed by atoms with Crippen LogP contribution in [0.1, 0.15) is 0 Å². The van der Waals surface area contributed by atoms with Gasteiger partial charge in [0.1, 0.15) is 17.2 Å². The van der Waals surface area contributed by atoms with E-state index in [-0.39, 0.29) is 17.2 Å². The van der Waals surface area contributed by atoms with E-state index in [0.29, 0.717) is 33.9 Å². The fraction of sp³-hybridized carbons (Fsp3) is 0. The van der Waals surface area contributed by atoms with Gasteiger partial charge < -0.3 is 15.3 Å². The van der Waals surface area contributed by atoms with Crippen molar-refractivity contribution in [2.24, 2.45) is 0 Å². The minimum absolute atomic E-state index is 0.0511. The monoisotopic (exact) mass is 356 g/mol. The minimum atomic E-state index is 0.0511. The van der Waals surface area contributed by atoms with Crippen molar-refractivity contribution >= 4 is 0 Å². The molecule has 3 aromatic carbocycles. The average molecular weight is 356 g/mol. The first-order valence-corrected chi connectivity index (χ1v) is 8.37. The SMILES string of the molecule is Oc1ccccc1-c1cc(-c2ccccc2O)nc(-c2ccccc2O)n1. The van der Waals surface area contributed by atoms with Crippen LogP contribution in [-0.2, 0) is 0 Å². The number of benzene rings is 3. The second kappa shape index (κ2) is 6.80. The Labute approximate surface area is 155 Å². The first-order valence-electron chi connectivity index (χ1n) is 8.37. The molecule has 1 heterocycles. The van der Waals surface area contributed by atoms with E-state index in [1.807, 2.05) is 0 Å². The predicted molar refractivity (Wildman–Crippen MR) is 103 cm³/mol. The highest BCUT2D eigenvalue weighted by Gasteiger charge is 2.15. The summed E-state index contributed by atoms with van der Waals surface area (Å²) in [4.78, 5) is 9.08. The number of hydrogen-bond acceptors (Lipinski definition) is 5. The van der Waals surface area contributed by atoms with Crippen molar-refractivity contribution in [1.82, 2.24) is 9.97 Å². The van der Waals surface area contributed by atoms with Gasteiger partial charge in [0.2, 0.25) is 0 Å². The molecule has 0 radical (unpaired) electrons. The maximum Gasteiger partial charge on any atom is 0.164 e. The van der Waals surface area contributed by atoms with Gasteiger partial charge in [-0.1, -0.05) is 36.4 Å². The van der Waals surface area contributed by atoms with Crippen LogP contribution in [0.5, 0.6) is 17.2 Å². The zero-order chi connectivity index (χ0) is 18.8. The van der Waals surface area contributed by atoms with Crippen molar-refractivity contribution < 1.29 is 15.3 Å². The van der Waals surface area contributed by atoms with Crippen LogP contribution in [0.3, 0.4) is 0 Å². The van der Waals surface area contributed by atoms with Crippen LogP contribution in [0.15, 0.2) is 78.9 Å². The highest BCUT2D eigenvalue weighted by molar-refractivity contribution is 5.77. The molecule has 0 bridgehead atoms. The van der Waals surface area contributed by atoms with E-state index in [4.69, 9.17) is 0 Å². The zero-order valence-electron chi connectivity index (χ0n) is 14.2. The number of para-hydroxylation sites is 3. The number of phenols is 3. The van der Waals surface area contributed by atoms with Crippen molar-refractivity contribution in [3.8, 4) is 51.2 Å². The lowest BCUT2D eigenvalue weighted by Crippen LogP contribution is -1.96. The molecule has 0 spiro atoms. The molecule has 0 aliphatic carbocycles. The predicted octanol–water partition coefficient (Wildman–Crippen LogP) is 4.59. The van der Waals surface area contributed by atoms with E-state index in [9.17, 15) is 15.3 Å². The summed E-state index contributed by atoms with van der Waals surface area (Å²) in [5, 5.41) is 30.7. The summed E-state index contributed by atoms with van der Waals surface area (Å²) in [7, 11) is 0. The molecule has 0 fully saturated rings. The Hall–Kier alpha value is -3.86. The van der Waals surface area contributed by atoms with Crippen molar-refractivity contribution in [3.05, 3.63) is 78.9 Å². The molecule has 0 amide bonds. The van der Waals surface area contributed by atoms with Gasteiger partial charge in [0.15, 0.2) is 5.82 Å². The normalized spacial score (nSPS) is 10.7. The molecule has 0 atom stereocenters. The number of rotatable bonds is 3. The molecule has 5 nitrogen and oxygen atoms in total. The van der Waals surface area contributed by atoms with Crippen LogP contribution in [0, 0.1) is 0 Å². The molecule has 5 heteroatoms. The molecule has 0 saturated carbocycles. The fourth-order valence-electron chi connectivity index (χ4n) is 2.89. The van der Waals surface area contributed by atoms with Crippen molar-refractivity contribution in [2.75, 3.05) is 0 Å². The molecule has 0 unspecified atom stereocenters. The zero-order valence-corrected chi connectivity index (χ0v) is 14.2. The summed E-state index contributed by atoms with van der Waals surface area (Å²) < 4.78 is 0. The lowest BCUT2D eigenvalue weighted by atomic mass is 10.0. The quantitative estimate of drug-likeness (QED) is 0.500. The third-order valence-corrected chi connectivity index (χ3v) is 4.23. The number of aromatic nitrogens is 2. The Morgan fingerprint density at radius 3 is 1.26 bits per heavy atom. The molecule has 0 aliphatic rings. The minimum Gasteiger partial charge on any atom is -0.507 e. The van der Waals surface area contributed by atoms with Crippen molar-refractivity contribution in [3.63, 3.8) is 0 Å². The Morgan fingerprint density at radius 2 is 0.852 bits per heavy atom. The highest BCUT2D eigenvalue weighted by atomic mass is 16.3. The van der Waals surface area contributed by atoms with Gasteiger partial charge in [-0.2, -0.15) is 0 Å². The van der Waals surface area contributed by atoms with Gasteiger partial charge in [-0.3, -0.25) is 0 Å². The molecule has 132 valence electrons. The van der Waals surface area contributed by atoms with Crippen molar-refractivity contribution in [1.29, 1.82) is 0 Å². The molecule has 4 rings (SSSR count). The van der Waals surface area contributed by atoms with Gasteiger partial charge in [-0.15, -0.1) is 0 Å². The summed E-state index contributed by atoms with van der Waals surface area (Å²) in [6, 6.07) is 22.2. The summed E-state index contributed by atoms with van der Waals surface area (Å²) in [6.45, 7) is 0. The molecule has 27 heavy (non-hydrogen) atoms. The molecule has 3 N–H and O–H groups in total. The van der Waals surface area contributed by atoms with Gasteiger partial charge in [0.25, 0.3) is 0 Å². The topological polar surface area (TPSA) is 86.5 Å². The van der Waals surface area contributed by atoms with E-state index in [1.165, 1.54) is 0 Å². The van der Waals surface area contributed by atoms with Gasteiger partial charge in [0, 0.05) is 11.1 Å². The van der Waals surface area contributed by atoms with E-state index in [2.05, 4.69) is 9.97 Å². The van der Waals surface area contributed by atoms with Crippen LogP contribution < -0.4 is 0 Å². The van der Waals surface area contributed by atoms with Crippen LogP contribution in [0.25, 0.3) is 33.9 Å². The molecular formula is C22H16N2O3. The van der Waals surface area contributed by atoms with E-state index in [1.54, 1.807) is 78.9 Å². The number of phenolic OH excluding ortho intramolecular Hbond substituents is 3. The molecule has 1 aromatic heterocycles. The Balaban J connectivity index is 1.99. The standard InChI is InChI=1S/C22H16N2O3/c25-19-10-4-1-7-14(19)17-13-18(15-8-2-5-11-20(15)26)24-22(23-17)16-9-3-6-12-21(16)27/h1-13,25-27H.